The van der Waals surface area contributed by atoms with Crippen LogP contribution in [0.3, 0.4) is 0 Å². The number of rotatable bonds is 8. The Bertz CT molecular complexity index is 805. The van der Waals surface area contributed by atoms with Crippen molar-refractivity contribution in [3.05, 3.63) is 66.2 Å². The first-order chi connectivity index (χ1) is 12.7. The molecule has 0 saturated heterocycles. The maximum Gasteiger partial charge on any atom is 0.203 e. The highest BCUT2D eigenvalue weighted by Crippen LogP contribution is 2.38. The van der Waals surface area contributed by atoms with Gasteiger partial charge in [0.15, 0.2) is 11.5 Å². The van der Waals surface area contributed by atoms with Crippen molar-refractivity contribution in [2.75, 3.05) is 21.3 Å². The van der Waals surface area contributed by atoms with E-state index in [2.05, 4.69) is 34.6 Å². The van der Waals surface area contributed by atoms with Crippen molar-refractivity contribution in [2.24, 2.45) is 0 Å². The number of imidazole rings is 1. The minimum atomic E-state index is 0.605. The summed E-state index contributed by atoms with van der Waals surface area (Å²) in [6.07, 6.45) is 5.49. The molecule has 0 unspecified atom stereocenters. The van der Waals surface area contributed by atoms with Crippen molar-refractivity contribution in [3.8, 4) is 22.9 Å². The summed E-state index contributed by atoms with van der Waals surface area (Å²) >= 11 is 0. The molecule has 2 aromatic carbocycles. The van der Waals surface area contributed by atoms with E-state index in [1.807, 2.05) is 22.9 Å². The highest BCUT2D eigenvalue weighted by molar-refractivity contribution is 5.53. The molecule has 3 aromatic rings. The van der Waals surface area contributed by atoms with Gasteiger partial charge >= 0.3 is 0 Å². The van der Waals surface area contributed by atoms with Crippen LogP contribution in [0.15, 0.2) is 55.1 Å². The van der Waals surface area contributed by atoms with Crippen LogP contribution in [0.25, 0.3) is 5.69 Å². The molecule has 3 rings (SSSR count). The predicted molar refractivity (Wildman–Crippen MR) is 100 cm³/mol. The van der Waals surface area contributed by atoms with Crippen LogP contribution in [-0.2, 0) is 13.1 Å². The fraction of sp³-hybridized carbons (Fsp3) is 0.250. The fourth-order valence-corrected chi connectivity index (χ4v) is 2.79. The van der Waals surface area contributed by atoms with Gasteiger partial charge in [0, 0.05) is 31.2 Å². The van der Waals surface area contributed by atoms with E-state index in [1.165, 1.54) is 5.56 Å². The van der Waals surface area contributed by atoms with Crippen LogP contribution >= 0.6 is 0 Å². The number of ether oxygens (including phenoxy) is 3. The van der Waals surface area contributed by atoms with Gasteiger partial charge in [-0.25, -0.2) is 4.98 Å². The largest absolute Gasteiger partial charge is 0.493 e. The molecule has 0 aliphatic rings. The Morgan fingerprint density at radius 1 is 0.885 bits per heavy atom. The number of hydrogen-bond acceptors (Lipinski definition) is 5. The zero-order chi connectivity index (χ0) is 18.4. The molecule has 0 amide bonds. The number of hydrogen-bond donors (Lipinski definition) is 1. The van der Waals surface area contributed by atoms with Gasteiger partial charge in [-0.1, -0.05) is 12.1 Å². The summed E-state index contributed by atoms with van der Waals surface area (Å²) in [7, 11) is 4.85. The maximum absolute atomic E-state index is 5.39. The number of nitrogens with zero attached hydrogens (tertiary/aromatic N) is 2. The second-order valence-electron chi connectivity index (χ2n) is 5.77. The van der Waals surface area contributed by atoms with E-state index >= 15 is 0 Å². The van der Waals surface area contributed by atoms with Crippen LogP contribution < -0.4 is 19.5 Å². The van der Waals surface area contributed by atoms with E-state index < -0.39 is 0 Å². The highest BCUT2D eigenvalue weighted by atomic mass is 16.5. The lowest BCUT2D eigenvalue weighted by Crippen LogP contribution is -2.13. The summed E-state index contributed by atoms with van der Waals surface area (Å²) in [6.45, 7) is 1.46. The minimum Gasteiger partial charge on any atom is -0.493 e. The Morgan fingerprint density at radius 2 is 1.54 bits per heavy atom. The van der Waals surface area contributed by atoms with Crippen LogP contribution in [0.1, 0.15) is 11.1 Å². The number of nitrogens with one attached hydrogen (secondary N) is 1. The first-order valence-electron chi connectivity index (χ1n) is 8.32. The van der Waals surface area contributed by atoms with Crippen molar-refractivity contribution in [3.63, 3.8) is 0 Å². The van der Waals surface area contributed by atoms with Gasteiger partial charge in [-0.3, -0.25) is 0 Å². The third-order valence-corrected chi connectivity index (χ3v) is 4.12. The molecule has 0 aliphatic heterocycles. The SMILES string of the molecule is COc1cc(CNCc2ccc(-n3ccnc3)cc2)cc(OC)c1OC. The summed E-state index contributed by atoms with van der Waals surface area (Å²) in [5.41, 5.74) is 3.37. The van der Waals surface area contributed by atoms with Gasteiger partial charge in [0.25, 0.3) is 0 Å². The van der Waals surface area contributed by atoms with E-state index in [1.54, 1.807) is 33.9 Å². The quantitative estimate of drug-likeness (QED) is 0.674. The molecule has 1 N–H and O–H groups in total. The van der Waals surface area contributed by atoms with Gasteiger partial charge in [-0.05, 0) is 35.4 Å². The first-order valence-corrected chi connectivity index (χ1v) is 8.32. The van der Waals surface area contributed by atoms with E-state index in [0.29, 0.717) is 23.8 Å². The molecule has 0 spiro atoms. The van der Waals surface area contributed by atoms with Crippen molar-refractivity contribution < 1.29 is 14.2 Å². The van der Waals surface area contributed by atoms with Crippen LogP contribution in [0.4, 0.5) is 0 Å². The molecular weight excluding hydrogens is 330 g/mol. The third-order valence-electron chi connectivity index (χ3n) is 4.12. The number of methoxy groups -OCH3 is 3. The van der Waals surface area contributed by atoms with Gasteiger partial charge in [-0.2, -0.15) is 0 Å². The third kappa shape index (κ3) is 3.97. The Kier molecular flexibility index (Phi) is 5.76. The van der Waals surface area contributed by atoms with Crippen molar-refractivity contribution in [1.82, 2.24) is 14.9 Å². The Morgan fingerprint density at radius 3 is 2.08 bits per heavy atom. The number of aromatic nitrogens is 2. The highest BCUT2D eigenvalue weighted by Gasteiger charge is 2.12. The number of benzene rings is 2. The lowest BCUT2D eigenvalue weighted by Gasteiger charge is -2.14. The molecule has 0 atom stereocenters. The second-order valence-corrected chi connectivity index (χ2v) is 5.77. The van der Waals surface area contributed by atoms with Crippen molar-refractivity contribution in [2.45, 2.75) is 13.1 Å². The smallest absolute Gasteiger partial charge is 0.203 e. The van der Waals surface area contributed by atoms with Crippen LogP contribution in [0, 0.1) is 0 Å². The summed E-state index contributed by atoms with van der Waals surface area (Å²) in [6, 6.07) is 12.3. The van der Waals surface area contributed by atoms with Crippen LogP contribution in [-0.4, -0.2) is 30.9 Å². The molecule has 0 radical (unpaired) electrons. The average Bonchev–Trinajstić information content (AvgIpc) is 3.22. The molecule has 136 valence electrons. The second kappa shape index (κ2) is 8.40. The molecule has 6 heteroatoms. The minimum absolute atomic E-state index is 0.605. The lowest BCUT2D eigenvalue weighted by molar-refractivity contribution is 0.323. The molecule has 1 aromatic heterocycles. The molecule has 6 nitrogen and oxygen atoms in total. The maximum atomic E-state index is 5.39. The zero-order valence-corrected chi connectivity index (χ0v) is 15.2. The molecule has 1 heterocycles. The van der Waals surface area contributed by atoms with E-state index in [-0.39, 0.29) is 0 Å². The van der Waals surface area contributed by atoms with E-state index in [9.17, 15) is 0 Å². The van der Waals surface area contributed by atoms with E-state index in [4.69, 9.17) is 14.2 Å². The monoisotopic (exact) mass is 353 g/mol. The molecule has 0 saturated carbocycles. The average molecular weight is 353 g/mol. The molecule has 0 bridgehead atoms. The van der Waals surface area contributed by atoms with E-state index in [0.717, 1.165) is 17.8 Å². The van der Waals surface area contributed by atoms with Crippen molar-refractivity contribution in [1.29, 1.82) is 0 Å². The normalized spacial score (nSPS) is 10.6. The lowest BCUT2D eigenvalue weighted by atomic mass is 10.1. The zero-order valence-electron chi connectivity index (χ0n) is 15.2. The van der Waals surface area contributed by atoms with Crippen LogP contribution in [0.5, 0.6) is 17.2 Å². The summed E-state index contributed by atoms with van der Waals surface area (Å²) in [4.78, 5) is 4.07. The molecule has 0 aliphatic carbocycles. The Balaban J connectivity index is 1.62. The van der Waals surface area contributed by atoms with Crippen LogP contribution in [0.2, 0.25) is 0 Å². The Labute approximate surface area is 153 Å². The van der Waals surface area contributed by atoms with Gasteiger partial charge in [0.2, 0.25) is 5.75 Å². The van der Waals surface area contributed by atoms with Gasteiger partial charge < -0.3 is 24.1 Å². The van der Waals surface area contributed by atoms with Gasteiger partial charge in [0.05, 0.1) is 27.7 Å². The molecular formula is C20H23N3O3. The summed E-state index contributed by atoms with van der Waals surface area (Å²) < 4.78 is 18.1. The fourth-order valence-electron chi connectivity index (χ4n) is 2.79. The van der Waals surface area contributed by atoms with Crippen molar-refractivity contribution >= 4 is 0 Å². The standard InChI is InChI=1S/C20H23N3O3/c1-24-18-10-16(11-19(25-2)20(18)26-3)13-22-12-15-4-6-17(7-5-15)23-9-8-21-14-23/h4-11,14,22H,12-13H2,1-3H3. The topological polar surface area (TPSA) is 57.5 Å². The molecule has 0 fully saturated rings. The summed E-state index contributed by atoms with van der Waals surface area (Å²) in [5.74, 6) is 1.93. The predicted octanol–water partition coefficient (Wildman–Crippen LogP) is 3.19. The summed E-state index contributed by atoms with van der Waals surface area (Å²) in [5, 5.41) is 3.44. The van der Waals surface area contributed by atoms with Gasteiger partial charge in [-0.15, -0.1) is 0 Å². The van der Waals surface area contributed by atoms with Gasteiger partial charge in [0.1, 0.15) is 0 Å². The first kappa shape index (κ1) is 17.8. The molecule has 26 heavy (non-hydrogen) atoms. The Hall–Kier alpha value is -2.99.